The van der Waals surface area contributed by atoms with Gasteiger partial charge in [0, 0.05) is 27.7 Å². The summed E-state index contributed by atoms with van der Waals surface area (Å²) in [5.74, 6) is -2.49. The molecule has 1 saturated heterocycles. The van der Waals surface area contributed by atoms with Gasteiger partial charge in [-0.1, -0.05) is 6.08 Å². The molecule has 9 nitrogen and oxygen atoms in total. The van der Waals surface area contributed by atoms with Crippen molar-refractivity contribution in [2.24, 2.45) is 0 Å². The molecule has 1 rings (SSSR count). The van der Waals surface area contributed by atoms with Crippen LogP contribution in [0.5, 0.6) is 0 Å². The van der Waals surface area contributed by atoms with Crippen LogP contribution in [0, 0.1) is 0 Å². The molecule has 9 heteroatoms. The third kappa shape index (κ3) is 6.47. The molecule has 0 saturated carbocycles. The second-order valence-electron chi connectivity index (χ2n) is 5.76. The molecule has 0 aromatic heterocycles. The number of carbonyl (C=O) groups is 4. The number of carbonyl (C=O) groups excluding carboxylic acids is 4. The monoisotopic (exact) mass is 372 g/mol. The van der Waals surface area contributed by atoms with E-state index in [1.165, 1.54) is 27.7 Å². The molecule has 1 fully saturated rings. The Hall–Kier alpha value is -2.42. The highest BCUT2D eigenvalue weighted by molar-refractivity contribution is 5.68. The van der Waals surface area contributed by atoms with Crippen molar-refractivity contribution < 1.29 is 42.9 Å². The molecule has 1 aliphatic rings. The summed E-state index contributed by atoms with van der Waals surface area (Å²) in [6.45, 7) is 8.15. The van der Waals surface area contributed by atoms with Crippen LogP contribution in [0.2, 0.25) is 0 Å². The molecule has 5 atom stereocenters. The van der Waals surface area contributed by atoms with E-state index >= 15 is 0 Å². The van der Waals surface area contributed by atoms with Crippen LogP contribution < -0.4 is 0 Å². The van der Waals surface area contributed by atoms with Gasteiger partial charge < -0.3 is 23.7 Å². The Kier molecular flexibility index (Phi) is 8.24. The van der Waals surface area contributed by atoms with Gasteiger partial charge in [0.2, 0.25) is 0 Å². The van der Waals surface area contributed by atoms with E-state index in [0.717, 1.165) is 0 Å². The molecule has 0 amide bonds. The second kappa shape index (κ2) is 9.91. The Labute approximate surface area is 151 Å². The van der Waals surface area contributed by atoms with Gasteiger partial charge >= 0.3 is 23.9 Å². The Bertz CT molecular complexity index is 556. The van der Waals surface area contributed by atoms with Crippen LogP contribution in [-0.2, 0) is 42.9 Å². The van der Waals surface area contributed by atoms with Crippen molar-refractivity contribution in [1.29, 1.82) is 0 Å². The zero-order valence-electron chi connectivity index (χ0n) is 15.3. The lowest BCUT2D eigenvalue weighted by molar-refractivity contribution is -0.251. The van der Waals surface area contributed by atoms with Crippen LogP contribution in [0.3, 0.4) is 0 Å². The smallest absolute Gasteiger partial charge is 0.303 e. The highest BCUT2D eigenvalue weighted by atomic mass is 16.7. The van der Waals surface area contributed by atoms with Crippen molar-refractivity contribution in [2.75, 3.05) is 6.61 Å². The van der Waals surface area contributed by atoms with Gasteiger partial charge in [-0.2, -0.15) is 0 Å². The van der Waals surface area contributed by atoms with Gasteiger partial charge in [-0.25, -0.2) is 0 Å². The van der Waals surface area contributed by atoms with Gasteiger partial charge in [0.25, 0.3) is 0 Å². The lowest BCUT2D eigenvalue weighted by atomic mass is 9.92. The maximum Gasteiger partial charge on any atom is 0.303 e. The van der Waals surface area contributed by atoms with Crippen molar-refractivity contribution in [3.8, 4) is 0 Å². The van der Waals surface area contributed by atoms with Crippen LogP contribution in [0.1, 0.15) is 34.1 Å². The lowest BCUT2D eigenvalue weighted by Gasteiger charge is -2.44. The van der Waals surface area contributed by atoms with Crippen LogP contribution >= 0.6 is 0 Å². The minimum Gasteiger partial charge on any atom is -0.463 e. The molecule has 1 heterocycles. The number of hydrogen-bond donors (Lipinski definition) is 0. The third-order valence-electron chi connectivity index (χ3n) is 3.49. The molecule has 0 N–H and O–H groups in total. The van der Waals surface area contributed by atoms with Crippen molar-refractivity contribution in [3.63, 3.8) is 0 Å². The summed E-state index contributed by atoms with van der Waals surface area (Å²) in [5.41, 5.74) is 0. The molecular formula is C17H24O9. The van der Waals surface area contributed by atoms with Gasteiger partial charge in [0.15, 0.2) is 18.3 Å². The Morgan fingerprint density at radius 3 is 1.69 bits per heavy atom. The average Bonchev–Trinajstić information content (AvgIpc) is 2.50. The molecule has 0 bridgehead atoms. The minimum atomic E-state index is -1.13. The fourth-order valence-electron chi connectivity index (χ4n) is 2.67. The van der Waals surface area contributed by atoms with Crippen LogP contribution in [0.4, 0.5) is 0 Å². The van der Waals surface area contributed by atoms with E-state index < -0.39 is 54.4 Å². The summed E-state index contributed by atoms with van der Waals surface area (Å²) in [5, 5.41) is 0. The third-order valence-corrected chi connectivity index (χ3v) is 3.49. The van der Waals surface area contributed by atoms with Crippen LogP contribution in [0.25, 0.3) is 0 Å². The summed E-state index contributed by atoms with van der Waals surface area (Å²) in [6, 6.07) is 0. The van der Waals surface area contributed by atoms with Crippen molar-refractivity contribution in [1.82, 2.24) is 0 Å². The van der Waals surface area contributed by atoms with Crippen molar-refractivity contribution >= 4 is 23.9 Å². The SMILES string of the molecule is C=CC[C@H]1O[C@H](COC(C)=O)[C@H](OC(C)=O)[C@H](OC(C)=O)[C@H]1OC(C)=O. The summed E-state index contributed by atoms with van der Waals surface area (Å²) < 4.78 is 26.6. The van der Waals surface area contributed by atoms with E-state index in [2.05, 4.69) is 6.58 Å². The molecule has 0 spiro atoms. The van der Waals surface area contributed by atoms with Gasteiger partial charge in [-0.15, -0.1) is 6.58 Å². The molecule has 0 aromatic carbocycles. The highest BCUT2D eigenvalue weighted by Crippen LogP contribution is 2.30. The van der Waals surface area contributed by atoms with E-state index in [0.29, 0.717) is 0 Å². The number of hydrogen-bond acceptors (Lipinski definition) is 9. The van der Waals surface area contributed by atoms with Gasteiger partial charge in [-0.3, -0.25) is 19.2 Å². The zero-order chi connectivity index (χ0) is 19.9. The van der Waals surface area contributed by atoms with Crippen molar-refractivity contribution in [3.05, 3.63) is 12.7 Å². The first kappa shape index (κ1) is 21.6. The second-order valence-corrected chi connectivity index (χ2v) is 5.76. The predicted octanol–water partition coefficient (Wildman–Crippen LogP) is 0.688. The van der Waals surface area contributed by atoms with E-state index in [9.17, 15) is 19.2 Å². The van der Waals surface area contributed by atoms with Gasteiger partial charge in [0.1, 0.15) is 18.8 Å². The minimum absolute atomic E-state index is 0.231. The van der Waals surface area contributed by atoms with Crippen molar-refractivity contribution in [2.45, 2.75) is 64.6 Å². The molecule has 0 unspecified atom stereocenters. The molecule has 26 heavy (non-hydrogen) atoms. The maximum atomic E-state index is 11.6. The van der Waals surface area contributed by atoms with Gasteiger partial charge in [0.05, 0.1) is 0 Å². The average molecular weight is 372 g/mol. The quantitative estimate of drug-likeness (QED) is 0.361. The molecule has 0 radical (unpaired) electrons. The molecule has 146 valence electrons. The first-order chi connectivity index (χ1) is 12.1. The van der Waals surface area contributed by atoms with Gasteiger partial charge in [-0.05, 0) is 6.42 Å². The molecular weight excluding hydrogens is 348 g/mol. The largest absolute Gasteiger partial charge is 0.463 e. The first-order valence-electron chi connectivity index (χ1n) is 8.07. The summed E-state index contributed by atoms with van der Waals surface area (Å²) in [4.78, 5) is 45.7. The normalized spacial score (nSPS) is 27.8. The topological polar surface area (TPSA) is 114 Å². The van der Waals surface area contributed by atoms with E-state index in [1.54, 1.807) is 6.08 Å². The first-order valence-corrected chi connectivity index (χ1v) is 8.07. The number of ether oxygens (including phenoxy) is 5. The molecule has 0 aromatic rings. The number of esters is 4. The maximum absolute atomic E-state index is 11.6. The molecule has 1 aliphatic heterocycles. The standard InChI is InChI=1S/C17H24O9/c1-6-7-13-15(23-10(3)19)17(25-12(5)21)16(24-11(4)20)14(26-13)8-22-9(2)18/h6,13-17H,1,7-8H2,2-5H3/t13-,14-,15+,16+,17-/m1/s1. The Morgan fingerprint density at radius 1 is 0.808 bits per heavy atom. The van der Waals surface area contributed by atoms with Crippen LogP contribution in [0.15, 0.2) is 12.7 Å². The zero-order valence-corrected chi connectivity index (χ0v) is 15.3. The predicted molar refractivity (Wildman–Crippen MR) is 86.8 cm³/mol. The summed E-state index contributed by atoms with van der Waals surface area (Å²) >= 11 is 0. The highest BCUT2D eigenvalue weighted by Gasteiger charge is 2.51. The summed E-state index contributed by atoms with van der Waals surface area (Å²) in [6.07, 6.45) is -3.11. The fourth-order valence-corrected chi connectivity index (χ4v) is 2.67. The van der Waals surface area contributed by atoms with Crippen LogP contribution in [-0.4, -0.2) is 61.0 Å². The lowest BCUT2D eigenvalue weighted by Crippen LogP contribution is -2.62. The number of rotatable bonds is 7. The fraction of sp³-hybridized carbons (Fsp3) is 0.647. The van der Waals surface area contributed by atoms with E-state index in [4.69, 9.17) is 23.7 Å². The van der Waals surface area contributed by atoms with E-state index in [-0.39, 0.29) is 13.0 Å². The summed E-state index contributed by atoms with van der Waals surface area (Å²) in [7, 11) is 0. The molecule has 0 aliphatic carbocycles. The Morgan fingerprint density at radius 2 is 1.27 bits per heavy atom. The van der Waals surface area contributed by atoms with E-state index in [1.807, 2.05) is 0 Å². The Balaban J connectivity index is 3.24.